The number of hydrogen-bond acceptors (Lipinski definition) is 5. The molecule has 1 aromatic heterocycles. The highest BCUT2D eigenvalue weighted by molar-refractivity contribution is 5.82. The van der Waals surface area contributed by atoms with E-state index in [2.05, 4.69) is 15.5 Å². The van der Waals surface area contributed by atoms with Gasteiger partial charge in [0.15, 0.2) is 5.82 Å². The number of amides is 2. The van der Waals surface area contributed by atoms with Gasteiger partial charge in [-0.25, -0.2) is 0 Å². The summed E-state index contributed by atoms with van der Waals surface area (Å²) in [5.74, 6) is 1.28. The Morgan fingerprint density at radius 1 is 1.29 bits per heavy atom. The molecule has 7 nitrogen and oxygen atoms in total. The molecule has 3 rings (SSSR count). The van der Waals surface area contributed by atoms with Gasteiger partial charge < -0.3 is 14.7 Å². The van der Waals surface area contributed by atoms with Gasteiger partial charge in [0.05, 0.1) is 5.92 Å². The van der Waals surface area contributed by atoms with Crippen LogP contribution in [0.2, 0.25) is 0 Å². The fourth-order valence-corrected chi connectivity index (χ4v) is 3.50. The third-order valence-electron chi connectivity index (χ3n) is 4.99. The second kappa shape index (κ2) is 7.77. The predicted octanol–water partition coefficient (Wildman–Crippen LogP) is 1.47. The van der Waals surface area contributed by atoms with Crippen LogP contribution < -0.4 is 5.32 Å². The molecule has 1 aliphatic carbocycles. The molecule has 1 aromatic rings. The first kappa shape index (κ1) is 16.9. The molecule has 1 unspecified atom stereocenters. The maximum absolute atomic E-state index is 12.3. The summed E-state index contributed by atoms with van der Waals surface area (Å²) in [6.45, 7) is 3.15. The van der Waals surface area contributed by atoms with Crippen LogP contribution in [0.5, 0.6) is 0 Å². The number of carbonyl (C=O) groups is 2. The van der Waals surface area contributed by atoms with Crippen LogP contribution in [-0.2, 0) is 22.4 Å². The molecule has 0 bridgehead atoms. The van der Waals surface area contributed by atoms with Crippen LogP contribution in [0.4, 0.5) is 0 Å². The lowest BCUT2D eigenvalue weighted by Gasteiger charge is -2.18. The molecule has 1 atom stereocenters. The highest BCUT2D eigenvalue weighted by Gasteiger charge is 2.32. The zero-order chi connectivity index (χ0) is 16.9. The summed E-state index contributed by atoms with van der Waals surface area (Å²) < 4.78 is 5.11. The summed E-state index contributed by atoms with van der Waals surface area (Å²) in [5.41, 5.74) is 0. The van der Waals surface area contributed by atoms with Crippen molar-refractivity contribution in [2.75, 3.05) is 13.1 Å². The van der Waals surface area contributed by atoms with Gasteiger partial charge in [0.2, 0.25) is 17.7 Å². The van der Waals surface area contributed by atoms with E-state index >= 15 is 0 Å². The topological polar surface area (TPSA) is 88.3 Å². The SMILES string of the molecule is CCc1noc(CCC(=O)N2CCC(C(=O)NC3CCCC3)C2)n1. The zero-order valence-electron chi connectivity index (χ0n) is 14.3. The van der Waals surface area contributed by atoms with Gasteiger partial charge in [-0.3, -0.25) is 9.59 Å². The van der Waals surface area contributed by atoms with E-state index in [1.165, 1.54) is 12.8 Å². The lowest BCUT2D eigenvalue weighted by molar-refractivity contribution is -0.130. The van der Waals surface area contributed by atoms with Gasteiger partial charge in [-0.2, -0.15) is 4.98 Å². The molecular weight excluding hydrogens is 308 g/mol. The van der Waals surface area contributed by atoms with Crippen molar-refractivity contribution in [3.8, 4) is 0 Å². The molecule has 132 valence electrons. The van der Waals surface area contributed by atoms with Gasteiger partial charge in [-0.1, -0.05) is 24.9 Å². The predicted molar refractivity (Wildman–Crippen MR) is 87.1 cm³/mol. The first-order chi connectivity index (χ1) is 11.7. The number of aromatic nitrogens is 2. The van der Waals surface area contributed by atoms with Crippen molar-refractivity contribution in [1.82, 2.24) is 20.4 Å². The van der Waals surface area contributed by atoms with E-state index < -0.39 is 0 Å². The van der Waals surface area contributed by atoms with Crippen LogP contribution in [0, 0.1) is 5.92 Å². The molecule has 1 N–H and O–H groups in total. The van der Waals surface area contributed by atoms with E-state index in [-0.39, 0.29) is 17.7 Å². The molecule has 2 fully saturated rings. The van der Waals surface area contributed by atoms with Crippen molar-refractivity contribution >= 4 is 11.8 Å². The highest BCUT2D eigenvalue weighted by Crippen LogP contribution is 2.21. The first-order valence-electron chi connectivity index (χ1n) is 9.05. The van der Waals surface area contributed by atoms with Crippen molar-refractivity contribution in [1.29, 1.82) is 0 Å². The summed E-state index contributed by atoms with van der Waals surface area (Å²) in [6.07, 6.45) is 6.87. The molecule has 2 amide bonds. The lowest BCUT2D eigenvalue weighted by atomic mass is 10.1. The van der Waals surface area contributed by atoms with Gasteiger partial charge in [0, 0.05) is 38.4 Å². The fourth-order valence-electron chi connectivity index (χ4n) is 3.50. The summed E-state index contributed by atoms with van der Waals surface area (Å²) in [5, 5.41) is 6.97. The summed E-state index contributed by atoms with van der Waals surface area (Å²) in [7, 11) is 0. The van der Waals surface area contributed by atoms with Gasteiger partial charge in [-0.15, -0.1) is 0 Å². The minimum Gasteiger partial charge on any atom is -0.353 e. The molecular formula is C17H26N4O3. The molecule has 1 saturated heterocycles. The monoisotopic (exact) mass is 334 g/mol. The smallest absolute Gasteiger partial charge is 0.227 e. The number of aryl methyl sites for hydroxylation is 2. The summed E-state index contributed by atoms with van der Waals surface area (Å²) in [4.78, 5) is 30.6. The average molecular weight is 334 g/mol. The molecule has 2 heterocycles. The van der Waals surface area contributed by atoms with Crippen LogP contribution in [-0.4, -0.2) is 46.0 Å². The second-order valence-electron chi connectivity index (χ2n) is 6.77. The molecule has 0 spiro atoms. The molecule has 0 aromatic carbocycles. The number of nitrogens with zero attached hydrogens (tertiary/aromatic N) is 3. The molecule has 2 aliphatic rings. The van der Waals surface area contributed by atoms with Crippen molar-refractivity contribution < 1.29 is 14.1 Å². The van der Waals surface area contributed by atoms with E-state index in [9.17, 15) is 9.59 Å². The van der Waals surface area contributed by atoms with Gasteiger partial charge in [0.1, 0.15) is 0 Å². The Hall–Kier alpha value is -1.92. The second-order valence-corrected chi connectivity index (χ2v) is 6.77. The molecule has 24 heavy (non-hydrogen) atoms. The van der Waals surface area contributed by atoms with Crippen molar-refractivity contribution in [2.24, 2.45) is 5.92 Å². The number of carbonyl (C=O) groups excluding carboxylic acids is 2. The van der Waals surface area contributed by atoms with E-state index in [1.54, 1.807) is 4.90 Å². The first-order valence-corrected chi connectivity index (χ1v) is 9.05. The van der Waals surface area contributed by atoms with E-state index in [0.29, 0.717) is 43.7 Å². The van der Waals surface area contributed by atoms with Crippen molar-refractivity contribution in [3.05, 3.63) is 11.7 Å². The fraction of sp³-hybridized carbons (Fsp3) is 0.765. The van der Waals surface area contributed by atoms with E-state index in [1.807, 2.05) is 6.92 Å². The maximum atomic E-state index is 12.3. The third kappa shape index (κ3) is 4.13. The number of hydrogen-bond donors (Lipinski definition) is 1. The molecule has 7 heteroatoms. The zero-order valence-corrected chi connectivity index (χ0v) is 14.3. The van der Waals surface area contributed by atoms with Crippen molar-refractivity contribution in [2.45, 2.75) is 64.3 Å². The minimum atomic E-state index is -0.0651. The van der Waals surface area contributed by atoms with Gasteiger partial charge in [-0.05, 0) is 19.3 Å². The van der Waals surface area contributed by atoms with Gasteiger partial charge in [0.25, 0.3) is 0 Å². The Morgan fingerprint density at radius 2 is 2.08 bits per heavy atom. The standard InChI is InChI=1S/C17H26N4O3/c1-2-14-19-15(24-20-14)7-8-16(22)21-10-9-12(11-21)17(23)18-13-5-3-4-6-13/h12-13H,2-11H2,1H3,(H,18,23). The Morgan fingerprint density at radius 3 is 2.79 bits per heavy atom. The van der Waals surface area contributed by atoms with Crippen molar-refractivity contribution in [3.63, 3.8) is 0 Å². The van der Waals surface area contributed by atoms with Crippen LogP contribution in [0.1, 0.15) is 57.2 Å². The van der Waals surface area contributed by atoms with Crippen LogP contribution in [0.15, 0.2) is 4.52 Å². The van der Waals surface area contributed by atoms with Crippen LogP contribution >= 0.6 is 0 Å². The Kier molecular flexibility index (Phi) is 5.48. The number of rotatable bonds is 6. The maximum Gasteiger partial charge on any atom is 0.227 e. The van der Waals surface area contributed by atoms with E-state index in [4.69, 9.17) is 4.52 Å². The lowest BCUT2D eigenvalue weighted by Crippen LogP contribution is -2.39. The molecule has 0 radical (unpaired) electrons. The van der Waals surface area contributed by atoms with E-state index in [0.717, 1.165) is 25.7 Å². The summed E-state index contributed by atoms with van der Waals surface area (Å²) >= 11 is 0. The van der Waals surface area contributed by atoms with Crippen LogP contribution in [0.25, 0.3) is 0 Å². The van der Waals surface area contributed by atoms with Gasteiger partial charge >= 0.3 is 0 Å². The molecule has 1 saturated carbocycles. The Labute approximate surface area is 142 Å². The number of likely N-dealkylation sites (tertiary alicyclic amines) is 1. The Balaban J connectivity index is 1.42. The number of nitrogens with one attached hydrogen (secondary N) is 1. The minimum absolute atomic E-state index is 0.0578. The summed E-state index contributed by atoms with van der Waals surface area (Å²) in [6, 6.07) is 0.340. The third-order valence-corrected chi connectivity index (χ3v) is 4.99. The Bertz CT molecular complexity index is 580. The van der Waals surface area contributed by atoms with Crippen LogP contribution in [0.3, 0.4) is 0 Å². The molecule has 1 aliphatic heterocycles. The quantitative estimate of drug-likeness (QED) is 0.851. The highest BCUT2D eigenvalue weighted by atomic mass is 16.5. The largest absolute Gasteiger partial charge is 0.353 e. The normalized spacial score (nSPS) is 21.4. The average Bonchev–Trinajstić information content (AvgIpc) is 3.32.